The second kappa shape index (κ2) is 4.04. The minimum atomic E-state index is -0.478. The van der Waals surface area contributed by atoms with E-state index in [1.54, 1.807) is 13.0 Å². The predicted octanol–water partition coefficient (Wildman–Crippen LogP) is 1.45. The van der Waals surface area contributed by atoms with Crippen LogP contribution in [0.15, 0.2) is 12.1 Å². The summed E-state index contributed by atoms with van der Waals surface area (Å²) in [5.74, 6) is -0.265. The van der Waals surface area contributed by atoms with Crippen molar-refractivity contribution < 1.29 is 9.72 Å². The fraction of sp³-hybridized carbons (Fsp3) is 0.364. The Morgan fingerprint density at radius 1 is 1.47 bits per heavy atom. The summed E-state index contributed by atoms with van der Waals surface area (Å²) in [6.45, 7) is 4.08. The number of amides is 1. The van der Waals surface area contributed by atoms with Crippen molar-refractivity contribution in [3.05, 3.63) is 33.4 Å². The summed E-state index contributed by atoms with van der Waals surface area (Å²) in [5.41, 5.74) is 1.35. The number of anilines is 1. The summed E-state index contributed by atoms with van der Waals surface area (Å²) < 4.78 is 0. The fourth-order valence-electron chi connectivity index (χ4n) is 1.92. The van der Waals surface area contributed by atoms with Gasteiger partial charge in [-0.05, 0) is 19.4 Å². The maximum absolute atomic E-state index is 11.9. The van der Waals surface area contributed by atoms with Gasteiger partial charge in [-0.2, -0.15) is 0 Å². The summed E-state index contributed by atoms with van der Waals surface area (Å²) in [6, 6.07) is 2.95. The van der Waals surface area contributed by atoms with Gasteiger partial charge in [0.25, 0.3) is 11.6 Å². The van der Waals surface area contributed by atoms with E-state index in [1.165, 1.54) is 6.07 Å². The zero-order chi connectivity index (χ0) is 12.6. The molecule has 0 spiro atoms. The van der Waals surface area contributed by atoms with Gasteiger partial charge in [-0.3, -0.25) is 14.9 Å². The quantitative estimate of drug-likeness (QED) is 0.570. The second-order valence-corrected chi connectivity index (χ2v) is 4.16. The zero-order valence-electron chi connectivity index (χ0n) is 9.61. The van der Waals surface area contributed by atoms with Crippen LogP contribution in [0.25, 0.3) is 0 Å². The number of carbonyl (C=O) groups is 1. The smallest absolute Gasteiger partial charge is 0.293 e. The first-order chi connectivity index (χ1) is 8.00. The highest BCUT2D eigenvalue weighted by Crippen LogP contribution is 2.31. The molecule has 1 atom stereocenters. The van der Waals surface area contributed by atoms with E-state index in [2.05, 4.69) is 10.6 Å². The average molecular weight is 235 g/mol. The van der Waals surface area contributed by atoms with E-state index in [4.69, 9.17) is 0 Å². The van der Waals surface area contributed by atoms with Crippen LogP contribution in [0.2, 0.25) is 0 Å². The summed E-state index contributed by atoms with van der Waals surface area (Å²) in [4.78, 5) is 22.4. The first-order valence-corrected chi connectivity index (χ1v) is 5.33. The number of aryl methyl sites for hydroxylation is 1. The molecule has 1 aliphatic rings. The van der Waals surface area contributed by atoms with Gasteiger partial charge in [0, 0.05) is 18.7 Å². The molecule has 0 saturated heterocycles. The average Bonchev–Trinajstić information content (AvgIpc) is 2.38. The summed E-state index contributed by atoms with van der Waals surface area (Å²) in [6.07, 6.45) is 0. The maximum Gasteiger partial charge on any atom is 0.293 e. The molecule has 2 rings (SSSR count). The molecule has 0 saturated carbocycles. The number of nitro benzene ring substituents is 1. The Bertz CT molecular complexity index is 499. The van der Waals surface area contributed by atoms with Gasteiger partial charge in [0.15, 0.2) is 0 Å². The van der Waals surface area contributed by atoms with Gasteiger partial charge in [0.1, 0.15) is 5.69 Å². The molecule has 0 aromatic heterocycles. The van der Waals surface area contributed by atoms with Crippen molar-refractivity contribution >= 4 is 17.3 Å². The summed E-state index contributed by atoms with van der Waals surface area (Å²) in [5, 5.41) is 16.7. The van der Waals surface area contributed by atoms with Crippen LogP contribution in [0.4, 0.5) is 11.4 Å². The Morgan fingerprint density at radius 3 is 2.82 bits per heavy atom. The third kappa shape index (κ3) is 1.93. The van der Waals surface area contributed by atoms with Crippen molar-refractivity contribution in [2.45, 2.75) is 19.9 Å². The van der Waals surface area contributed by atoms with Crippen LogP contribution in [0, 0.1) is 17.0 Å². The molecule has 6 heteroatoms. The number of carbonyl (C=O) groups excluding carboxylic acids is 1. The van der Waals surface area contributed by atoms with E-state index in [0.717, 1.165) is 5.56 Å². The number of rotatable bonds is 1. The molecule has 1 aliphatic heterocycles. The van der Waals surface area contributed by atoms with Gasteiger partial charge in [0.05, 0.1) is 10.5 Å². The number of hydrogen-bond acceptors (Lipinski definition) is 4. The van der Waals surface area contributed by atoms with Crippen molar-refractivity contribution in [3.63, 3.8) is 0 Å². The van der Waals surface area contributed by atoms with Crippen LogP contribution in [0.3, 0.4) is 0 Å². The van der Waals surface area contributed by atoms with Crippen molar-refractivity contribution in [2.75, 3.05) is 11.9 Å². The molecule has 2 N–H and O–H groups in total. The van der Waals surface area contributed by atoms with Gasteiger partial charge in [-0.1, -0.05) is 6.07 Å². The predicted molar refractivity (Wildman–Crippen MR) is 63.3 cm³/mol. The van der Waals surface area contributed by atoms with Crippen LogP contribution in [0.1, 0.15) is 22.8 Å². The molecule has 17 heavy (non-hydrogen) atoms. The van der Waals surface area contributed by atoms with E-state index in [1.807, 2.05) is 6.92 Å². The highest BCUT2D eigenvalue weighted by Gasteiger charge is 2.27. The monoisotopic (exact) mass is 235 g/mol. The Balaban J connectivity index is 2.63. The first-order valence-electron chi connectivity index (χ1n) is 5.33. The third-order valence-electron chi connectivity index (χ3n) is 2.78. The van der Waals surface area contributed by atoms with Gasteiger partial charge in [-0.25, -0.2) is 0 Å². The van der Waals surface area contributed by atoms with Crippen molar-refractivity contribution in [3.8, 4) is 0 Å². The molecule has 1 aromatic rings. The molecular formula is C11H13N3O3. The third-order valence-corrected chi connectivity index (χ3v) is 2.78. The molecule has 0 unspecified atom stereocenters. The standard InChI is InChI=1S/C11H13N3O3/c1-6-3-4-8(14(16)17)10-9(6)11(15)13-7(2)5-12-10/h3-4,7,12H,5H2,1-2H3,(H,13,15)/t7-/m0/s1. The molecule has 1 heterocycles. The van der Waals surface area contributed by atoms with Crippen LogP contribution in [-0.2, 0) is 0 Å². The molecule has 0 fully saturated rings. The number of hydrogen-bond donors (Lipinski definition) is 2. The minimum absolute atomic E-state index is 0.0603. The second-order valence-electron chi connectivity index (χ2n) is 4.16. The molecule has 0 radical (unpaired) electrons. The normalized spacial score (nSPS) is 18.7. The van der Waals surface area contributed by atoms with Crippen molar-refractivity contribution in [2.24, 2.45) is 0 Å². The van der Waals surface area contributed by atoms with E-state index in [-0.39, 0.29) is 17.6 Å². The number of nitrogens with one attached hydrogen (secondary N) is 2. The minimum Gasteiger partial charge on any atom is -0.377 e. The van der Waals surface area contributed by atoms with Crippen LogP contribution in [-0.4, -0.2) is 23.4 Å². The lowest BCUT2D eigenvalue weighted by atomic mass is 10.0. The zero-order valence-corrected chi connectivity index (χ0v) is 9.61. The lowest BCUT2D eigenvalue weighted by Crippen LogP contribution is -2.34. The molecule has 1 aromatic carbocycles. The molecular weight excluding hydrogens is 222 g/mol. The largest absolute Gasteiger partial charge is 0.377 e. The van der Waals surface area contributed by atoms with E-state index >= 15 is 0 Å². The molecule has 90 valence electrons. The first kappa shape index (κ1) is 11.4. The summed E-state index contributed by atoms with van der Waals surface area (Å²) >= 11 is 0. The van der Waals surface area contributed by atoms with Gasteiger partial charge < -0.3 is 10.6 Å². The topological polar surface area (TPSA) is 84.3 Å². The Labute approximate surface area is 98.2 Å². The van der Waals surface area contributed by atoms with Crippen LogP contribution in [0.5, 0.6) is 0 Å². The molecule has 6 nitrogen and oxygen atoms in total. The Kier molecular flexibility index (Phi) is 2.71. The fourth-order valence-corrected chi connectivity index (χ4v) is 1.92. The number of nitro groups is 1. The number of benzene rings is 1. The number of fused-ring (bicyclic) bond motifs is 1. The van der Waals surface area contributed by atoms with Gasteiger partial charge in [0.2, 0.25) is 0 Å². The maximum atomic E-state index is 11.9. The Hall–Kier alpha value is -2.11. The molecule has 1 amide bonds. The summed E-state index contributed by atoms with van der Waals surface area (Å²) in [7, 11) is 0. The van der Waals surface area contributed by atoms with E-state index in [9.17, 15) is 14.9 Å². The van der Waals surface area contributed by atoms with Crippen LogP contribution >= 0.6 is 0 Å². The molecule has 0 bridgehead atoms. The van der Waals surface area contributed by atoms with Gasteiger partial charge >= 0.3 is 0 Å². The van der Waals surface area contributed by atoms with E-state index in [0.29, 0.717) is 17.8 Å². The highest BCUT2D eigenvalue weighted by molar-refractivity contribution is 6.03. The van der Waals surface area contributed by atoms with Crippen molar-refractivity contribution in [1.29, 1.82) is 0 Å². The Morgan fingerprint density at radius 2 is 2.18 bits per heavy atom. The lowest BCUT2D eigenvalue weighted by molar-refractivity contribution is -0.384. The highest BCUT2D eigenvalue weighted by atomic mass is 16.6. The number of nitrogens with zero attached hydrogens (tertiary/aromatic N) is 1. The molecule has 0 aliphatic carbocycles. The van der Waals surface area contributed by atoms with E-state index < -0.39 is 4.92 Å². The SMILES string of the molecule is Cc1ccc([N+](=O)[O-])c2c1C(=O)N[C@@H](C)CN2. The van der Waals surface area contributed by atoms with Crippen molar-refractivity contribution in [1.82, 2.24) is 5.32 Å². The van der Waals surface area contributed by atoms with Crippen LogP contribution < -0.4 is 10.6 Å². The van der Waals surface area contributed by atoms with Gasteiger partial charge in [-0.15, -0.1) is 0 Å². The lowest BCUT2D eigenvalue weighted by Gasteiger charge is -2.08.